The maximum atomic E-state index is 12.4. The van der Waals surface area contributed by atoms with Crippen molar-refractivity contribution in [2.24, 2.45) is 0 Å². The molecule has 1 aliphatic carbocycles. The number of thioether (sulfide) groups is 1. The zero-order valence-electron chi connectivity index (χ0n) is 15.3. The number of fused-ring (bicyclic) bond motifs is 1. The number of rotatable bonds is 6. The standard InChI is InChI=1S/C20H23N5OS/c1-14(16-11-10-15-6-2-3-7-17(15)12-16)21-19(26)13-27-20-22-23-24-25(20)18-8-4-5-9-18/h2-3,6-7,10-12,14,18H,4-5,8-9,13H2,1H3,(H,21,26). The third-order valence-electron chi connectivity index (χ3n) is 5.12. The number of tetrazole rings is 1. The van der Waals surface area contributed by atoms with Crippen LogP contribution in [-0.4, -0.2) is 31.9 Å². The van der Waals surface area contributed by atoms with Crippen LogP contribution in [0.25, 0.3) is 10.8 Å². The van der Waals surface area contributed by atoms with Gasteiger partial charge in [-0.05, 0) is 52.6 Å². The van der Waals surface area contributed by atoms with Crippen molar-refractivity contribution in [3.63, 3.8) is 0 Å². The van der Waals surface area contributed by atoms with Crippen LogP contribution in [-0.2, 0) is 4.79 Å². The second kappa shape index (κ2) is 8.08. The van der Waals surface area contributed by atoms with Crippen LogP contribution in [0.4, 0.5) is 0 Å². The van der Waals surface area contributed by atoms with Gasteiger partial charge in [-0.1, -0.05) is 61.0 Å². The lowest BCUT2D eigenvalue weighted by molar-refractivity contribution is -0.119. The molecule has 1 aromatic heterocycles. The Labute approximate surface area is 162 Å². The van der Waals surface area contributed by atoms with Gasteiger partial charge in [0.15, 0.2) is 0 Å². The van der Waals surface area contributed by atoms with E-state index in [0.29, 0.717) is 11.8 Å². The van der Waals surface area contributed by atoms with Crippen molar-refractivity contribution in [3.8, 4) is 0 Å². The largest absolute Gasteiger partial charge is 0.349 e. The first kappa shape index (κ1) is 18.0. The van der Waals surface area contributed by atoms with Crippen molar-refractivity contribution in [2.75, 3.05) is 5.75 Å². The minimum absolute atomic E-state index is 0.0124. The number of hydrogen-bond donors (Lipinski definition) is 1. The number of hydrogen-bond acceptors (Lipinski definition) is 5. The van der Waals surface area contributed by atoms with E-state index < -0.39 is 0 Å². The zero-order valence-corrected chi connectivity index (χ0v) is 16.2. The average Bonchev–Trinajstić information content (AvgIpc) is 3.37. The maximum Gasteiger partial charge on any atom is 0.230 e. The first-order chi connectivity index (χ1) is 13.2. The molecule has 1 N–H and O–H groups in total. The van der Waals surface area contributed by atoms with Crippen molar-refractivity contribution in [2.45, 2.75) is 49.8 Å². The molecule has 0 bridgehead atoms. The van der Waals surface area contributed by atoms with Crippen molar-refractivity contribution in [1.29, 1.82) is 0 Å². The topological polar surface area (TPSA) is 72.7 Å². The Morgan fingerprint density at radius 3 is 2.81 bits per heavy atom. The summed E-state index contributed by atoms with van der Waals surface area (Å²) in [4.78, 5) is 12.4. The summed E-state index contributed by atoms with van der Waals surface area (Å²) in [5.41, 5.74) is 1.10. The molecule has 0 radical (unpaired) electrons. The second-order valence-corrected chi connectivity index (χ2v) is 7.97. The minimum atomic E-state index is -0.0477. The smallest absolute Gasteiger partial charge is 0.230 e. The predicted molar refractivity (Wildman–Crippen MR) is 107 cm³/mol. The monoisotopic (exact) mass is 381 g/mol. The molecule has 27 heavy (non-hydrogen) atoms. The minimum Gasteiger partial charge on any atom is -0.349 e. The van der Waals surface area contributed by atoms with Gasteiger partial charge in [-0.2, -0.15) is 0 Å². The molecule has 1 unspecified atom stereocenters. The number of nitrogens with one attached hydrogen (secondary N) is 1. The van der Waals surface area contributed by atoms with Gasteiger partial charge in [-0.15, -0.1) is 5.10 Å². The van der Waals surface area contributed by atoms with Crippen molar-refractivity contribution < 1.29 is 4.79 Å². The lowest BCUT2D eigenvalue weighted by Crippen LogP contribution is -2.28. The number of aromatic nitrogens is 4. The van der Waals surface area contributed by atoms with E-state index in [9.17, 15) is 4.79 Å². The Morgan fingerprint density at radius 1 is 1.22 bits per heavy atom. The van der Waals surface area contributed by atoms with Crippen LogP contribution in [0, 0.1) is 0 Å². The third kappa shape index (κ3) is 4.13. The lowest BCUT2D eigenvalue weighted by Gasteiger charge is -2.15. The second-order valence-electron chi connectivity index (χ2n) is 7.03. The Morgan fingerprint density at radius 2 is 2.00 bits per heavy atom. The van der Waals surface area contributed by atoms with Gasteiger partial charge in [0, 0.05) is 0 Å². The normalized spacial score (nSPS) is 15.9. The maximum absolute atomic E-state index is 12.4. The summed E-state index contributed by atoms with van der Waals surface area (Å²) in [7, 11) is 0. The summed E-state index contributed by atoms with van der Waals surface area (Å²) in [5, 5.41) is 18.2. The molecule has 1 amide bonds. The van der Waals surface area contributed by atoms with E-state index >= 15 is 0 Å². The van der Waals surface area contributed by atoms with Gasteiger partial charge in [0.2, 0.25) is 11.1 Å². The van der Waals surface area contributed by atoms with Gasteiger partial charge >= 0.3 is 0 Å². The van der Waals surface area contributed by atoms with Gasteiger partial charge in [0.1, 0.15) is 0 Å². The van der Waals surface area contributed by atoms with Crippen LogP contribution in [0.1, 0.15) is 50.3 Å². The highest BCUT2D eigenvalue weighted by atomic mass is 32.2. The Hall–Kier alpha value is -2.41. The quantitative estimate of drug-likeness (QED) is 0.656. The molecule has 140 valence electrons. The fourth-order valence-electron chi connectivity index (χ4n) is 3.63. The molecule has 0 saturated heterocycles. The number of carbonyl (C=O) groups is 1. The van der Waals surface area contributed by atoms with Crippen LogP contribution in [0.3, 0.4) is 0 Å². The molecule has 1 fully saturated rings. The molecule has 6 nitrogen and oxygen atoms in total. The van der Waals surface area contributed by atoms with E-state index in [1.807, 2.05) is 23.7 Å². The number of amides is 1. The summed E-state index contributed by atoms with van der Waals surface area (Å²) in [5.74, 6) is 0.298. The molecule has 1 saturated carbocycles. The molecule has 7 heteroatoms. The molecule has 1 heterocycles. The molecule has 3 aromatic rings. The average molecular weight is 382 g/mol. The molecule has 4 rings (SSSR count). The molecule has 1 aliphatic rings. The van der Waals surface area contributed by atoms with Crippen molar-refractivity contribution in [1.82, 2.24) is 25.5 Å². The van der Waals surface area contributed by atoms with E-state index in [4.69, 9.17) is 0 Å². The molecule has 0 aliphatic heterocycles. The van der Waals surface area contributed by atoms with E-state index in [-0.39, 0.29) is 11.9 Å². The Bertz CT molecular complexity index is 935. The SMILES string of the molecule is CC(NC(=O)CSc1nnnn1C1CCCC1)c1ccc2ccccc2c1. The van der Waals surface area contributed by atoms with Gasteiger partial charge in [0.05, 0.1) is 17.8 Å². The van der Waals surface area contributed by atoms with Crippen LogP contribution in [0.5, 0.6) is 0 Å². The lowest BCUT2D eigenvalue weighted by atomic mass is 10.0. The first-order valence-electron chi connectivity index (χ1n) is 9.39. The Balaban J connectivity index is 1.35. The molecule has 2 aromatic carbocycles. The number of benzene rings is 2. The highest BCUT2D eigenvalue weighted by Gasteiger charge is 2.22. The van der Waals surface area contributed by atoms with Gasteiger partial charge < -0.3 is 5.32 Å². The van der Waals surface area contributed by atoms with Gasteiger partial charge in [-0.3, -0.25) is 4.79 Å². The van der Waals surface area contributed by atoms with Gasteiger partial charge in [0.25, 0.3) is 0 Å². The summed E-state index contributed by atoms with van der Waals surface area (Å²) in [6, 6.07) is 14.9. The van der Waals surface area contributed by atoms with E-state index in [1.165, 1.54) is 35.4 Å². The Kier molecular flexibility index (Phi) is 5.38. The van der Waals surface area contributed by atoms with Crippen LogP contribution < -0.4 is 5.32 Å². The highest BCUT2D eigenvalue weighted by Crippen LogP contribution is 2.31. The summed E-state index contributed by atoms with van der Waals surface area (Å²) < 4.78 is 1.89. The molecule has 1 atom stereocenters. The fourth-order valence-corrected chi connectivity index (χ4v) is 4.39. The molecule has 0 spiro atoms. The van der Waals surface area contributed by atoms with Crippen LogP contribution in [0.15, 0.2) is 47.6 Å². The third-order valence-corrected chi connectivity index (χ3v) is 6.05. The summed E-state index contributed by atoms with van der Waals surface area (Å²) in [6.07, 6.45) is 4.67. The highest BCUT2D eigenvalue weighted by molar-refractivity contribution is 7.99. The van der Waals surface area contributed by atoms with E-state index in [1.54, 1.807) is 0 Å². The number of carbonyl (C=O) groups excluding carboxylic acids is 1. The zero-order chi connectivity index (χ0) is 18.6. The predicted octanol–water partition coefficient (Wildman–Crippen LogP) is 3.91. The molecular formula is C20H23N5OS. The van der Waals surface area contributed by atoms with Crippen LogP contribution in [0.2, 0.25) is 0 Å². The van der Waals surface area contributed by atoms with E-state index in [2.05, 4.69) is 51.2 Å². The van der Waals surface area contributed by atoms with Gasteiger partial charge in [-0.25, -0.2) is 4.68 Å². The molecular weight excluding hydrogens is 358 g/mol. The summed E-state index contributed by atoms with van der Waals surface area (Å²) in [6.45, 7) is 2.01. The van der Waals surface area contributed by atoms with E-state index in [0.717, 1.165) is 23.6 Å². The first-order valence-corrected chi connectivity index (χ1v) is 10.4. The van der Waals surface area contributed by atoms with Crippen molar-refractivity contribution in [3.05, 3.63) is 48.0 Å². The fraction of sp³-hybridized carbons (Fsp3) is 0.400. The summed E-state index contributed by atoms with van der Waals surface area (Å²) >= 11 is 1.40. The van der Waals surface area contributed by atoms with Crippen molar-refractivity contribution >= 4 is 28.4 Å². The van der Waals surface area contributed by atoms with Crippen LogP contribution >= 0.6 is 11.8 Å². The number of nitrogens with zero attached hydrogens (tertiary/aromatic N) is 4.